The van der Waals surface area contributed by atoms with Crippen molar-refractivity contribution >= 4 is 41.5 Å². The molecule has 1 saturated heterocycles. The molecule has 0 aliphatic carbocycles. The molecule has 1 fully saturated rings. The highest BCUT2D eigenvalue weighted by atomic mass is 32.1. The van der Waals surface area contributed by atoms with Gasteiger partial charge in [0, 0.05) is 18.4 Å². The number of nitrogens with one attached hydrogen (secondary N) is 3. The van der Waals surface area contributed by atoms with Gasteiger partial charge in [-0.2, -0.15) is 0 Å². The maximum Gasteiger partial charge on any atom is 0.280 e. The molecular formula is C22H29N5OS. The van der Waals surface area contributed by atoms with Crippen LogP contribution in [0.3, 0.4) is 0 Å². The topological polar surface area (TPSA) is 78.4 Å². The first kappa shape index (κ1) is 21.2. The second-order valence-corrected chi connectivity index (χ2v) is 8.46. The quantitative estimate of drug-likeness (QED) is 0.637. The lowest BCUT2D eigenvalue weighted by molar-refractivity contribution is 0.0943. The molecule has 7 heteroatoms. The molecule has 0 radical (unpaired) electrons. The van der Waals surface area contributed by atoms with Crippen LogP contribution in [0.25, 0.3) is 12.4 Å². The van der Waals surface area contributed by atoms with Crippen molar-refractivity contribution in [2.45, 2.75) is 33.6 Å². The van der Waals surface area contributed by atoms with Crippen molar-refractivity contribution < 1.29 is 4.79 Å². The van der Waals surface area contributed by atoms with Crippen LogP contribution in [0.5, 0.6) is 0 Å². The number of hydrogen-bond donors (Lipinski definition) is 3. The third-order valence-corrected chi connectivity index (χ3v) is 5.93. The molecule has 6 nitrogen and oxygen atoms in total. The fourth-order valence-corrected chi connectivity index (χ4v) is 4.17. The van der Waals surface area contributed by atoms with Crippen molar-refractivity contribution in [3.05, 3.63) is 44.2 Å². The Morgan fingerprint density at radius 1 is 1.38 bits per heavy atom. The summed E-state index contributed by atoms with van der Waals surface area (Å²) in [5, 5.41) is 10.8. The number of aliphatic imine (C=N–C) groups is 1. The van der Waals surface area contributed by atoms with Crippen molar-refractivity contribution in [2.75, 3.05) is 25.0 Å². The molecule has 1 aliphatic heterocycles. The van der Waals surface area contributed by atoms with Crippen LogP contribution in [-0.2, 0) is 0 Å². The zero-order valence-corrected chi connectivity index (χ0v) is 18.2. The fraction of sp³-hybridized carbons (Fsp3) is 0.409. The maximum absolute atomic E-state index is 12.6. The van der Waals surface area contributed by atoms with Crippen LogP contribution in [0, 0.1) is 19.8 Å². The third-order valence-electron chi connectivity index (χ3n) is 5.02. The van der Waals surface area contributed by atoms with Gasteiger partial charge in [0.1, 0.15) is 5.35 Å². The van der Waals surface area contributed by atoms with Crippen molar-refractivity contribution in [3.8, 4) is 0 Å². The molecule has 2 aromatic rings. The van der Waals surface area contributed by atoms with Crippen molar-refractivity contribution in [1.29, 1.82) is 0 Å². The summed E-state index contributed by atoms with van der Waals surface area (Å²) >= 11 is 1.30. The van der Waals surface area contributed by atoms with Crippen LogP contribution in [0.1, 0.15) is 40.7 Å². The molecule has 154 valence electrons. The third kappa shape index (κ3) is 5.52. The van der Waals surface area contributed by atoms with Crippen LogP contribution in [0.4, 0.5) is 5.69 Å². The smallest absolute Gasteiger partial charge is 0.280 e. The summed E-state index contributed by atoms with van der Waals surface area (Å²) in [7, 11) is 0. The minimum atomic E-state index is -0.143. The number of thiazole rings is 1. The number of carbonyl (C=O) groups is 1. The van der Waals surface area contributed by atoms with Crippen LogP contribution in [0.2, 0.25) is 0 Å². The molecule has 0 bridgehead atoms. The van der Waals surface area contributed by atoms with Crippen LogP contribution < -0.4 is 25.8 Å². The number of anilines is 1. The lowest BCUT2D eigenvalue weighted by Crippen LogP contribution is -2.36. The standard InChI is InChI=1S/C22H29N5OS/c1-5-24-20(26-18-7-6-14(2)12-15(18)3)19-16(4)29-22(27-19)21(28)25-13-17-8-10-23-11-9-17/h5-7,12,17,23,26H,4,8-11,13H2,1-3H3,(H,25,28)/b20-19-,24-5-. The number of nitrogens with zero attached hydrogens (tertiary/aromatic N) is 2. The van der Waals surface area contributed by atoms with E-state index in [1.165, 1.54) is 16.9 Å². The van der Waals surface area contributed by atoms with Gasteiger partial charge in [-0.3, -0.25) is 4.79 Å². The molecule has 1 aliphatic rings. The lowest BCUT2D eigenvalue weighted by Gasteiger charge is -2.22. The van der Waals surface area contributed by atoms with Crippen molar-refractivity contribution in [2.24, 2.45) is 10.9 Å². The molecule has 0 spiro atoms. The number of amides is 1. The monoisotopic (exact) mass is 411 g/mol. The summed E-state index contributed by atoms with van der Waals surface area (Å²) in [6, 6.07) is 6.19. The Morgan fingerprint density at radius 2 is 2.14 bits per heavy atom. The Balaban J connectivity index is 1.83. The molecule has 1 aromatic heterocycles. The summed E-state index contributed by atoms with van der Waals surface area (Å²) in [4.78, 5) is 21.6. The van der Waals surface area contributed by atoms with E-state index in [9.17, 15) is 4.79 Å². The summed E-state index contributed by atoms with van der Waals surface area (Å²) in [6.07, 6.45) is 3.89. The first-order valence-corrected chi connectivity index (χ1v) is 10.8. The number of aryl methyl sites for hydroxylation is 2. The van der Waals surface area contributed by atoms with Gasteiger partial charge in [-0.05, 0) is 64.3 Å². The predicted molar refractivity (Wildman–Crippen MR) is 122 cm³/mol. The second kappa shape index (κ2) is 9.80. The number of piperidine rings is 1. The Bertz CT molecular complexity index is 1000. The van der Waals surface area contributed by atoms with E-state index in [4.69, 9.17) is 0 Å². The van der Waals surface area contributed by atoms with Gasteiger partial charge < -0.3 is 16.0 Å². The zero-order valence-electron chi connectivity index (χ0n) is 17.3. The Kier molecular flexibility index (Phi) is 7.17. The van der Waals surface area contributed by atoms with Gasteiger partial charge in [0.05, 0.1) is 4.53 Å². The van der Waals surface area contributed by atoms with E-state index >= 15 is 0 Å². The first-order chi connectivity index (χ1) is 14.0. The zero-order chi connectivity index (χ0) is 20.8. The van der Waals surface area contributed by atoms with Crippen LogP contribution >= 0.6 is 11.3 Å². The number of aromatic nitrogens is 1. The molecular weight excluding hydrogens is 382 g/mol. The van der Waals surface area contributed by atoms with Crippen molar-refractivity contribution in [3.63, 3.8) is 0 Å². The Morgan fingerprint density at radius 3 is 2.83 bits per heavy atom. The lowest BCUT2D eigenvalue weighted by atomic mass is 9.98. The van der Waals surface area contributed by atoms with Crippen LogP contribution in [0.15, 0.2) is 23.2 Å². The minimum absolute atomic E-state index is 0.143. The summed E-state index contributed by atoms with van der Waals surface area (Å²) in [6.45, 7) is 12.8. The average Bonchev–Trinajstić information content (AvgIpc) is 3.10. The Labute approximate surface area is 175 Å². The van der Waals surface area contributed by atoms with Gasteiger partial charge in [-0.15, -0.1) is 11.3 Å². The van der Waals surface area contributed by atoms with E-state index in [0.29, 0.717) is 28.6 Å². The highest BCUT2D eigenvalue weighted by Crippen LogP contribution is 2.18. The number of benzene rings is 1. The largest absolute Gasteiger partial charge is 0.350 e. The number of carbonyl (C=O) groups excluding carboxylic acids is 1. The molecule has 2 heterocycles. The highest BCUT2D eigenvalue weighted by molar-refractivity contribution is 7.11. The summed E-state index contributed by atoms with van der Waals surface area (Å²) in [5.74, 6) is 0.978. The molecule has 29 heavy (non-hydrogen) atoms. The molecule has 3 N–H and O–H groups in total. The van der Waals surface area contributed by atoms with E-state index in [2.05, 4.69) is 58.5 Å². The molecule has 1 aromatic carbocycles. The molecule has 1 amide bonds. The summed E-state index contributed by atoms with van der Waals surface area (Å²) in [5.41, 5.74) is 3.28. The second-order valence-electron chi connectivity index (χ2n) is 7.37. The maximum atomic E-state index is 12.6. The molecule has 0 unspecified atom stereocenters. The van der Waals surface area contributed by atoms with Gasteiger partial charge in [-0.1, -0.05) is 24.3 Å². The van der Waals surface area contributed by atoms with Gasteiger partial charge in [0.25, 0.3) is 5.91 Å². The van der Waals surface area contributed by atoms with Crippen molar-refractivity contribution in [1.82, 2.24) is 15.6 Å². The van der Waals surface area contributed by atoms with Gasteiger partial charge in [0.2, 0.25) is 0 Å². The minimum Gasteiger partial charge on any atom is -0.350 e. The molecule has 0 saturated carbocycles. The average molecular weight is 412 g/mol. The molecule has 0 atom stereocenters. The van der Waals surface area contributed by atoms with Gasteiger partial charge in [-0.25, -0.2) is 9.98 Å². The fourth-order valence-electron chi connectivity index (χ4n) is 3.40. The van der Waals surface area contributed by atoms with Crippen LogP contribution in [-0.4, -0.2) is 36.7 Å². The SMILES string of the molecule is C=c1sc(C(=O)NCC2CCNCC2)n/c1=C(/N=C\C)Nc1ccc(C)cc1C. The van der Waals surface area contributed by atoms with Gasteiger partial charge in [0.15, 0.2) is 10.8 Å². The normalized spacial score (nSPS) is 16.1. The summed E-state index contributed by atoms with van der Waals surface area (Å²) < 4.78 is 0.717. The van der Waals surface area contributed by atoms with E-state index in [1.54, 1.807) is 6.21 Å². The van der Waals surface area contributed by atoms with E-state index in [-0.39, 0.29) is 5.91 Å². The Hall–Kier alpha value is -2.51. The van der Waals surface area contributed by atoms with E-state index in [0.717, 1.165) is 41.7 Å². The molecule has 3 rings (SSSR count). The van der Waals surface area contributed by atoms with Gasteiger partial charge >= 0.3 is 0 Å². The first-order valence-electron chi connectivity index (χ1n) is 10.00. The highest BCUT2D eigenvalue weighted by Gasteiger charge is 2.17. The predicted octanol–water partition coefficient (Wildman–Crippen LogP) is 2.17. The van der Waals surface area contributed by atoms with E-state index in [1.807, 2.05) is 13.0 Å². The van der Waals surface area contributed by atoms with E-state index < -0.39 is 0 Å². The number of hydrogen-bond acceptors (Lipinski definition) is 6. The number of rotatable bonds is 6.